The van der Waals surface area contributed by atoms with Gasteiger partial charge in [0.15, 0.2) is 0 Å². The number of carbonyl (C=O) groups excluding carboxylic acids is 1. The first-order chi connectivity index (χ1) is 12.7. The number of halogens is 1. The number of fused-ring (bicyclic) bond motifs is 1. The van der Waals surface area contributed by atoms with Gasteiger partial charge in [0.05, 0.1) is 31.6 Å². The summed E-state index contributed by atoms with van der Waals surface area (Å²) in [5, 5.41) is 7.30. The highest BCUT2D eigenvalue weighted by molar-refractivity contribution is 5.76. The average Bonchev–Trinajstić information content (AvgIpc) is 3.10. The van der Waals surface area contributed by atoms with E-state index in [-0.39, 0.29) is 36.5 Å². The van der Waals surface area contributed by atoms with E-state index in [1.165, 1.54) is 12.1 Å². The lowest BCUT2D eigenvalue weighted by atomic mass is 9.89. The van der Waals surface area contributed by atoms with Crippen molar-refractivity contribution in [3.63, 3.8) is 0 Å². The van der Waals surface area contributed by atoms with Gasteiger partial charge >= 0.3 is 0 Å². The first-order valence-electron chi connectivity index (χ1n) is 8.98. The van der Waals surface area contributed by atoms with Crippen molar-refractivity contribution in [2.75, 3.05) is 13.2 Å². The normalized spacial score (nSPS) is 25.5. The summed E-state index contributed by atoms with van der Waals surface area (Å²) in [6.07, 6.45) is 6.32. The standard InChI is InChI=1S/C19H22FN3O3/c20-15-3-1-13(2-4-15)14-10-21-23(11-14)12-19(24)22-16-5-6-17-18(9-16)26-8-7-25-17/h1-4,10-11,16-18H,5-9,12H2,(H,22,24). The van der Waals surface area contributed by atoms with Gasteiger partial charge in [0, 0.05) is 17.8 Å². The molecule has 4 rings (SSSR count). The number of nitrogens with one attached hydrogen (secondary N) is 1. The Labute approximate surface area is 151 Å². The smallest absolute Gasteiger partial charge is 0.241 e. The SMILES string of the molecule is O=C(Cn1cc(-c2ccc(F)cc2)cn1)NC1CCC2OCCOC2C1. The molecule has 138 valence electrons. The molecule has 1 aromatic carbocycles. The van der Waals surface area contributed by atoms with E-state index < -0.39 is 0 Å². The fourth-order valence-electron chi connectivity index (χ4n) is 3.66. The van der Waals surface area contributed by atoms with Gasteiger partial charge in [-0.05, 0) is 37.0 Å². The zero-order valence-corrected chi connectivity index (χ0v) is 14.4. The first-order valence-corrected chi connectivity index (χ1v) is 8.98. The average molecular weight is 359 g/mol. The molecule has 26 heavy (non-hydrogen) atoms. The second-order valence-electron chi connectivity index (χ2n) is 6.83. The first kappa shape index (κ1) is 17.2. The van der Waals surface area contributed by atoms with Gasteiger partial charge in [-0.3, -0.25) is 9.48 Å². The molecule has 0 bridgehead atoms. The van der Waals surface area contributed by atoms with Gasteiger partial charge in [0.25, 0.3) is 0 Å². The maximum absolute atomic E-state index is 13.0. The Bertz CT molecular complexity index is 762. The molecule has 1 amide bonds. The van der Waals surface area contributed by atoms with E-state index in [4.69, 9.17) is 9.47 Å². The number of carbonyl (C=O) groups is 1. The Morgan fingerprint density at radius 1 is 1.15 bits per heavy atom. The molecule has 1 aromatic heterocycles. The predicted octanol–water partition coefficient (Wildman–Crippen LogP) is 2.14. The molecule has 1 N–H and O–H groups in total. The summed E-state index contributed by atoms with van der Waals surface area (Å²) in [6.45, 7) is 1.44. The molecule has 2 heterocycles. The Morgan fingerprint density at radius 3 is 2.73 bits per heavy atom. The number of ether oxygens (including phenoxy) is 2. The van der Waals surface area contributed by atoms with Crippen LogP contribution in [0.4, 0.5) is 4.39 Å². The molecule has 0 radical (unpaired) electrons. The zero-order chi connectivity index (χ0) is 17.9. The van der Waals surface area contributed by atoms with Gasteiger partial charge in [-0.15, -0.1) is 0 Å². The van der Waals surface area contributed by atoms with Crippen molar-refractivity contribution in [3.8, 4) is 11.1 Å². The van der Waals surface area contributed by atoms with Crippen LogP contribution in [-0.2, 0) is 20.8 Å². The van der Waals surface area contributed by atoms with Crippen molar-refractivity contribution in [1.29, 1.82) is 0 Å². The molecule has 2 fully saturated rings. The summed E-state index contributed by atoms with van der Waals surface area (Å²) in [6, 6.07) is 6.32. The van der Waals surface area contributed by atoms with Crippen molar-refractivity contribution in [2.45, 2.75) is 44.1 Å². The van der Waals surface area contributed by atoms with Crippen LogP contribution in [0, 0.1) is 5.82 Å². The predicted molar refractivity (Wildman–Crippen MR) is 92.9 cm³/mol. The number of aromatic nitrogens is 2. The van der Waals surface area contributed by atoms with Gasteiger partial charge < -0.3 is 14.8 Å². The number of rotatable bonds is 4. The quantitative estimate of drug-likeness (QED) is 0.908. The highest BCUT2D eigenvalue weighted by atomic mass is 19.1. The van der Waals surface area contributed by atoms with E-state index in [9.17, 15) is 9.18 Å². The molecule has 1 saturated carbocycles. The highest BCUT2D eigenvalue weighted by Gasteiger charge is 2.34. The van der Waals surface area contributed by atoms with E-state index in [2.05, 4.69) is 10.4 Å². The van der Waals surface area contributed by atoms with Crippen LogP contribution in [-0.4, -0.2) is 47.2 Å². The van der Waals surface area contributed by atoms with E-state index in [1.54, 1.807) is 29.2 Å². The number of hydrogen-bond donors (Lipinski definition) is 1. The monoisotopic (exact) mass is 359 g/mol. The van der Waals surface area contributed by atoms with E-state index in [0.29, 0.717) is 13.2 Å². The van der Waals surface area contributed by atoms with Gasteiger partial charge in [-0.1, -0.05) is 12.1 Å². The number of nitrogens with zero attached hydrogens (tertiary/aromatic N) is 2. The summed E-state index contributed by atoms with van der Waals surface area (Å²) < 4.78 is 26.1. The van der Waals surface area contributed by atoms with Crippen LogP contribution >= 0.6 is 0 Å². The third kappa shape index (κ3) is 3.94. The molecule has 1 aliphatic heterocycles. The van der Waals surface area contributed by atoms with Crippen LogP contribution < -0.4 is 5.32 Å². The van der Waals surface area contributed by atoms with E-state index >= 15 is 0 Å². The van der Waals surface area contributed by atoms with Crippen LogP contribution in [0.5, 0.6) is 0 Å². The van der Waals surface area contributed by atoms with Crippen molar-refractivity contribution in [1.82, 2.24) is 15.1 Å². The highest BCUT2D eigenvalue weighted by Crippen LogP contribution is 2.26. The van der Waals surface area contributed by atoms with E-state index in [0.717, 1.165) is 30.4 Å². The largest absolute Gasteiger partial charge is 0.373 e. The maximum Gasteiger partial charge on any atom is 0.241 e. The number of amides is 1. The minimum Gasteiger partial charge on any atom is -0.373 e. The molecule has 3 atom stereocenters. The minimum atomic E-state index is -0.275. The van der Waals surface area contributed by atoms with Crippen LogP contribution in [0.1, 0.15) is 19.3 Å². The summed E-state index contributed by atoms with van der Waals surface area (Å²) >= 11 is 0. The summed E-state index contributed by atoms with van der Waals surface area (Å²) in [5.74, 6) is -0.346. The molecule has 2 aliphatic rings. The lowest BCUT2D eigenvalue weighted by Gasteiger charge is -2.39. The molecular weight excluding hydrogens is 337 g/mol. The van der Waals surface area contributed by atoms with Crippen LogP contribution in [0.15, 0.2) is 36.7 Å². The molecule has 1 aliphatic carbocycles. The number of benzene rings is 1. The topological polar surface area (TPSA) is 65.4 Å². The van der Waals surface area contributed by atoms with Crippen LogP contribution in [0.3, 0.4) is 0 Å². The van der Waals surface area contributed by atoms with Crippen molar-refractivity contribution >= 4 is 5.91 Å². The number of hydrogen-bond acceptors (Lipinski definition) is 4. The molecule has 7 heteroatoms. The second-order valence-corrected chi connectivity index (χ2v) is 6.83. The molecule has 6 nitrogen and oxygen atoms in total. The Morgan fingerprint density at radius 2 is 1.92 bits per heavy atom. The van der Waals surface area contributed by atoms with Gasteiger partial charge in [0.1, 0.15) is 12.4 Å². The van der Waals surface area contributed by atoms with Crippen LogP contribution in [0.2, 0.25) is 0 Å². The van der Waals surface area contributed by atoms with Gasteiger partial charge in [-0.2, -0.15) is 5.10 Å². The zero-order valence-electron chi connectivity index (χ0n) is 14.4. The summed E-state index contributed by atoms with van der Waals surface area (Å²) in [5.41, 5.74) is 1.72. The van der Waals surface area contributed by atoms with Crippen LogP contribution in [0.25, 0.3) is 11.1 Å². The summed E-state index contributed by atoms with van der Waals surface area (Å²) in [7, 11) is 0. The molecule has 2 aromatic rings. The molecule has 1 saturated heterocycles. The molecule has 3 unspecified atom stereocenters. The van der Waals surface area contributed by atoms with E-state index in [1.807, 2.05) is 0 Å². The van der Waals surface area contributed by atoms with Crippen molar-refractivity contribution in [2.24, 2.45) is 0 Å². The van der Waals surface area contributed by atoms with Crippen molar-refractivity contribution in [3.05, 3.63) is 42.5 Å². The Kier molecular flexibility index (Phi) is 4.99. The third-order valence-electron chi connectivity index (χ3n) is 4.96. The Balaban J connectivity index is 1.32. The second kappa shape index (κ2) is 7.55. The van der Waals surface area contributed by atoms with Gasteiger partial charge in [0.2, 0.25) is 5.91 Å². The fourth-order valence-corrected chi connectivity index (χ4v) is 3.66. The fraction of sp³-hybridized carbons (Fsp3) is 0.474. The molecule has 0 spiro atoms. The maximum atomic E-state index is 13.0. The molecular formula is C19H22FN3O3. The third-order valence-corrected chi connectivity index (χ3v) is 4.96. The van der Waals surface area contributed by atoms with Crippen molar-refractivity contribution < 1.29 is 18.7 Å². The summed E-state index contributed by atoms with van der Waals surface area (Å²) in [4.78, 5) is 12.3. The Hall–Kier alpha value is -2.25. The van der Waals surface area contributed by atoms with Gasteiger partial charge in [-0.25, -0.2) is 4.39 Å². The lowest BCUT2D eigenvalue weighted by molar-refractivity contribution is -0.158. The minimum absolute atomic E-state index is 0.0704. The lowest BCUT2D eigenvalue weighted by Crippen LogP contribution is -2.49.